The predicted molar refractivity (Wildman–Crippen MR) is 66.0 cm³/mol. The van der Waals surface area contributed by atoms with E-state index in [4.69, 9.17) is 11.5 Å². The Morgan fingerprint density at radius 3 is 2.00 bits per heavy atom. The highest BCUT2D eigenvalue weighted by molar-refractivity contribution is 6.09. The molecule has 0 bridgehead atoms. The van der Waals surface area contributed by atoms with Crippen LogP contribution in [0.2, 0.25) is 0 Å². The summed E-state index contributed by atoms with van der Waals surface area (Å²) < 4.78 is 27.0. The molecule has 20 heavy (non-hydrogen) atoms. The molecule has 0 radical (unpaired) electrons. The van der Waals surface area contributed by atoms with Gasteiger partial charge in [-0.2, -0.15) is 0 Å². The van der Waals surface area contributed by atoms with Crippen molar-refractivity contribution < 1.29 is 18.6 Å². The van der Waals surface area contributed by atoms with Crippen LogP contribution in [0.5, 0.6) is 0 Å². The molecule has 0 fully saturated rings. The van der Waals surface area contributed by atoms with Gasteiger partial charge in [0, 0.05) is 5.39 Å². The van der Waals surface area contributed by atoms with Crippen molar-refractivity contribution in [1.82, 2.24) is 0 Å². The maximum Gasteiger partial charge on any atom is 0.371 e. The number of nitro benzene ring substituents is 2. The smallest absolute Gasteiger partial charge is 0.371 e. The van der Waals surface area contributed by atoms with Gasteiger partial charge in [-0.1, -0.05) is 0 Å². The van der Waals surface area contributed by atoms with Crippen molar-refractivity contribution in [3.8, 4) is 0 Å². The quantitative estimate of drug-likeness (QED) is 0.491. The Labute approximate surface area is 108 Å². The lowest BCUT2D eigenvalue weighted by Crippen LogP contribution is -2.07. The van der Waals surface area contributed by atoms with E-state index in [-0.39, 0.29) is 5.39 Å². The van der Waals surface area contributed by atoms with Gasteiger partial charge in [0.05, 0.1) is 15.5 Å². The van der Waals surface area contributed by atoms with Crippen LogP contribution in [-0.2, 0) is 0 Å². The number of hydrogen-bond donors (Lipinski definition) is 2. The number of benzene rings is 2. The number of nitrogens with two attached hydrogens (primary N) is 2. The van der Waals surface area contributed by atoms with Gasteiger partial charge in [0.2, 0.25) is 0 Å². The Bertz CT molecular complexity index is 778. The number of anilines is 2. The summed E-state index contributed by atoms with van der Waals surface area (Å²) in [7, 11) is 0. The monoisotopic (exact) mass is 284 g/mol. The minimum Gasteiger partial charge on any atom is -0.396 e. The van der Waals surface area contributed by atoms with Gasteiger partial charge in [0.25, 0.3) is 0 Å². The average molecular weight is 284 g/mol. The first-order valence-corrected chi connectivity index (χ1v) is 5.04. The van der Waals surface area contributed by atoms with Gasteiger partial charge in [-0.05, 0) is 12.1 Å². The Morgan fingerprint density at radius 2 is 1.50 bits per heavy atom. The number of fused-ring (bicyclic) bond motifs is 1. The molecule has 2 aromatic carbocycles. The third-order valence-electron chi connectivity index (χ3n) is 2.76. The van der Waals surface area contributed by atoms with Gasteiger partial charge in [-0.3, -0.25) is 20.2 Å². The van der Waals surface area contributed by atoms with E-state index in [1.165, 1.54) is 0 Å². The predicted octanol–water partition coefficient (Wildman–Crippen LogP) is 2.10. The summed E-state index contributed by atoms with van der Waals surface area (Å²) in [5.74, 6) is -2.98. The molecule has 2 aromatic rings. The minimum atomic E-state index is -1.59. The third kappa shape index (κ3) is 1.66. The third-order valence-corrected chi connectivity index (χ3v) is 2.76. The van der Waals surface area contributed by atoms with E-state index in [1.54, 1.807) is 0 Å². The van der Waals surface area contributed by atoms with E-state index in [0.717, 1.165) is 6.07 Å². The topological polar surface area (TPSA) is 138 Å². The molecule has 0 heterocycles. The molecule has 0 aliphatic heterocycles. The van der Waals surface area contributed by atoms with Crippen molar-refractivity contribution in [2.45, 2.75) is 0 Å². The van der Waals surface area contributed by atoms with E-state index in [1.807, 2.05) is 0 Å². The molecular formula is C10H6F2N4O4. The van der Waals surface area contributed by atoms with Crippen LogP contribution < -0.4 is 11.5 Å². The van der Waals surface area contributed by atoms with Crippen LogP contribution in [0.4, 0.5) is 31.5 Å². The van der Waals surface area contributed by atoms with Gasteiger partial charge in [0.1, 0.15) is 11.1 Å². The molecule has 8 nitrogen and oxygen atoms in total. The second-order valence-electron chi connectivity index (χ2n) is 3.82. The summed E-state index contributed by atoms with van der Waals surface area (Å²) in [5.41, 5.74) is 7.42. The van der Waals surface area contributed by atoms with E-state index in [9.17, 15) is 29.0 Å². The number of nitrogen functional groups attached to an aromatic ring is 2. The molecule has 0 aliphatic rings. The molecule has 0 amide bonds. The zero-order valence-electron chi connectivity index (χ0n) is 9.59. The van der Waals surface area contributed by atoms with E-state index in [0.29, 0.717) is 6.07 Å². The Morgan fingerprint density at radius 1 is 0.950 bits per heavy atom. The summed E-state index contributed by atoms with van der Waals surface area (Å²) in [4.78, 5) is 19.5. The zero-order valence-corrected chi connectivity index (χ0v) is 9.59. The lowest BCUT2D eigenvalue weighted by molar-refractivity contribution is -0.420. The number of nitrogens with zero attached hydrogens (tertiary/aromatic N) is 2. The number of halogens is 2. The lowest BCUT2D eigenvalue weighted by Gasteiger charge is -2.08. The molecule has 4 N–H and O–H groups in total. The molecule has 104 valence electrons. The standard InChI is InChI=1S/C10H6F2N4O4/c11-4-2-1-3-5(6(4)12)9(15(17)18)10(16(19)20)8(14)7(3)13/h1-2H,13-14H2. The first-order valence-electron chi connectivity index (χ1n) is 5.04. The molecular weight excluding hydrogens is 278 g/mol. The molecule has 0 unspecified atom stereocenters. The molecule has 0 spiro atoms. The number of hydrogen-bond acceptors (Lipinski definition) is 6. The number of rotatable bonds is 2. The van der Waals surface area contributed by atoms with Crippen LogP contribution in [0.3, 0.4) is 0 Å². The molecule has 0 aromatic heterocycles. The highest BCUT2D eigenvalue weighted by atomic mass is 19.2. The van der Waals surface area contributed by atoms with Crippen LogP contribution in [0, 0.1) is 31.9 Å². The molecule has 0 atom stereocenters. The fourth-order valence-electron chi connectivity index (χ4n) is 1.89. The van der Waals surface area contributed by atoms with Crippen LogP contribution in [0.25, 0.3) is 10.8 Å². The fraction of sp³-hybridized carbons (Fsp3) is 0. The maximum atomic E-state index is 13.8. The largest absolute Gasteiger partial charge is 0.396 e. The number of nitro groups is 2. The summed E-state index contributed by atoms with van der Waals surface area (Å²) >= 11 is 0. The van der Waals surface area contributed by atoms with Gasteiger partial charge in [0.15, 0.2) is 11.6 Å². The molecule has 0 aliphatic carbocycles. The first-order chi connectivity index (χ1) is 9.27. The second-order valence-corrected chi connectivity index (χ2v) is 3.82. The van der Waals surface area contributed by atoms with Gasteiger partial charge >= 0.3 is 11.4 Å². The maximum absolute atomic E-state index is 13.8. The Balaban J connectivity index is 3.19. The van der Waals surface area contributed by atoms with Crippen molar-refractivity contribution in [2.75, 3.05) is 11.5 Å². The van der Waals surface area contributed by atoms with E-state index < -0.39 is 49.6 Å². The summed E-state index contributed by atoms with van der Waals surface area (Å²) in [6.07, 6.45) is 0. The summed E-state index contributed by atoms with van der Waals surface area (Å²) in [5, 5.41) is 20.7. The highest BCUT2D eigenvalue weighted by Crippen LogP contribution is 2.45. The SMILES string of the molecule is Nc1c([N+](=O)[O-])c([N+](=O)[O-])c2c(F)c(F)ccc2c1N. The lowest BCUT2D eigenvalue weighted by atomic mass is 10.0. The Kier molecular flexibility index (Phi) is 2.85. The normalized spacial score (nSPS) is 10.7. The van der Waals surface area contributed by atoms with Crippen molar-refractivity contribution in [1.29, 1.82) is 0 Å². The van der Waals surface area contributed by atoms with Crippen LogP contribution in [-0.4, -0.2) is 9.85 Å². The summed E-state index contributed by atoms with van der Waals surface area (Å²) in [6, 6.07) is 1.67. The van der Waals surface area contributed by atoms with Crippen molar-refractivity contribution in [2.24, 2.45) is 0 Å². The van der Waals surface area contributed by atoms with E-state index >= 15 is 0 Å². The van der Waals surface area contributed by atoms with Gasteiger partial charge < -0.3 is 11.5 Å². The van der Waals surface area contributed by atoms with Crippen LogP contribution in [0.1, 0.15) is 0 Å². The summed E-state index contributed by atoms with van der Waals surface area (Å²) in [6.45, 7) is 0. The fourth-order valence-corrected chi connectivity index (χ4v) is 1.89. The molecule has 0 saturated carbocycles. The van der Waals surface area contributed by atoms with Crippen LogP contribution >= 0.6 is 0 Å². The van der Waals surface area contributed by atoms with Crippen molar-refractivity contribution in [3.63, 3.8) is 0 Å². The Hall–Kier alpha value is -3.04. The van der Waals surface area contributed by atoms with Crippen molar-refractivity contribution >= 4 is 33.5 Å². The molecule has 10 heteroatoms. The van der Waals surface area contributed by atoms with Crippen molar-refractivity contribution in [3.05, 3.63) is 44.0 Å². The minimum absolute atomic E-state index is 0.265. The van der Waals surface area contributed by atoms with Crippen LogP contribution in [0.15, 0.2) is 12.1 Å². The first kappa shape index (κ1) is 13.4. The average Bonchev–Trinajstić information content (AvgIpc) is 2.36. The second kappa shape index (κ2) is 4.26. The van der Waals surface area contributed by atoms with E-state index in [2.05, 4.69) is 0 Å². The highest BCUT2D eigenvalue weighted by Gasteiger charge is 2.35. The van der Waals surface area contributed by atoms with Gasteiger partial charge in [-0.15, -0.1) is 0 Å². The molecule has 2 rings (SSSR count). The van der Waals surface area contributed by atoms with Gasteiger partial charge in [-0.25, -0.2) is 8.78 Å². The zero-order chi connectivity index (χ0) is 15.2. The molecule has 0 saturated heterocycles.